The lowest BCUT2D eigenvalue weighted by molar-refractivity contribution is 0.177. The Hall–Kier alpha value is -1.10. The van der Waals surface area contributed by atoms with E-state index in [4.69, 9.17) is 16.3 Å². The summed E-state index contributed by atoms with van der Waals surface area (Å²) in [6.45, 7) is 0.373. The van der Waals surface area contributed by atoms with Gasteiger partial charge in [0.1, 0.15) is 16.8 Å². The first-order valence-corrected chi connectivity index (χ1v) is 7.76. The fraction of sp³-hybridized carbons (Fsp3) is 0.333. The molecule has 0 unspecified atom stereocenters. The summed E-state index contributed by atoms with van der Waals surface area (Å²) < 4.78 is 5.06. The fourth-order valence-corrected chi connectivity index (χ4v) is 3.59. The third-order valence-corrected chi connectivity index (χ3v) is 4.39. The maximum absolute atomic E-state index is 6.03. The predicted octanol–water partition coefficient (Wildman–Crippen LogP) is 3.92. The van der Waals surface area contributed by atoms with Crippen LogP contribution in [0.1, 0.15) is 23.4 Å². The van der Waals surface area contributed by atoms with Gasteiger partial charge in [-0.15, -0.1) is 0 Å². The van der Waals surface area contributed by atoms with Crippen molar-refractivity contribution in [3.05, 3.63) is 46.4 Å². The number of fused-ring (bicyclic) bond motifs is 1. The average molecular weight is 307 g/mol. The van der Waals surface area contributed by atoms with Crippen molar-refractivity contribution >= 4 is 23.4 Å². The first kappa shape index (κ1) is 13.9. The molecule has 0 atom stereocenters. The van der Waals surface area contributed by atoms with Crippen LogP contribution in [0, 0.1) is 0 Å². The second-order valence-electron chi connectivity index (χ2n) is 4.76. The molecule has 0 N–H and O–H groups in total. The molecular formula is C15H15ClN2OS. The van der Waals surface area contributed by atoms with Crippen LogP contribution in [-0.2, 0) is 24.2 Å². The number of aryl methyl sites for hydroxylation is 2. The van der Waals surface area contributed by atoms with Crippen molar-refractivity contribution in [1.29, 1.82) is 0 Å². The summed E-state index contributed by atoms with van der Waals surface area (Å²) in [6, 6.07) is 8.43. The molecule has 1 heterocycles. The lowest BCUT2D eigenvalue weighted by atomic mass is 10.1. The summed E-state index contributed by atoms with van der Waals surface area (Å²) in [5.74, 6) is 0.615. The molecule has 0 saturated carbocycles. The average Bonchev–Trinajstić information content (AvgIpc) is 2.85. The van der Waals surface area contributed by atoms with E-state index < -0.39 is 0 Å². The second-order valence-corrected chi connectivity index (χ2v) is 6.25. The summed E-state index contributed by atoms with van der Waals surface area (Å²) in [7, 11) is 1.62. The summed E-state index contributed by atoms with van der Waals surface area (Å²) >= 11 is 7.64. The van der Waals surface area contributed by atoms with Gasteiger partial charge in [-0.05, 0) is 42.5 Å². The van der Waals surface area contributed by atoms with Gasteiger partial charge in [-0.2, -0.15) is 0 Å². The number of ether oxygens (including phenoxy) is 1. The van der Waals surface area contributed by atoms with Crippen molar-refractivity contribution in [2.24, 2.45) is 0 Å². The highest BCUT2D eigenvalue weighted by Gasteiger charge is 2.12. The van der Waals surface area contributed by atoms with E-state index in [2.05, 4.69) is 28.2 Å². The van der Waals surface area contributed by atoms with Crippen molar-refractivity contribution in [1.82, 2.24) is 9.97 Å². The van der Waals surface area contributed by atoms with Crippen molar-refractivity contribution in [2.75, 3.05) is 7.11 Å². The number of nitrogens with zero attached hydrogens (tertiary/aromatic N) is 2. The smallest absolute Gasteiger partial charge is 0.156 e. The molecule has 1 aliphatic carbocycles. The minimum absolute atomic E-state index is 0.373. The molecule has 0 fully saturated rings. The van der Waals surface area contributed by atoms with Crippen LogP contribution < -0.4 is 0 Å². The highest BCUT2D eigenvalue weighted by Crippen LogP contribution is 2.31. The zero-order chi connectivity index (χ0) is 13.9. The van der Waals surface area contributed by atoms with Crippen LogP contribution in [-0.4, -0.2) is 17.1 Å². The Kier molecular flexibility index (Phi) is 4.24. The molecule has 2 aromatic rings. The van der Waals surface area contributed by atoms with Crippen LogP contribution >= 0.6 is 23.4 Å². The van der Waals surface area contributed by atoms with Gasteiger partial charge in [0.05, 0.1) is 0 Å². The summed E-state index contributed by atoms with van der Waals surface area (Å²) in [5, 5.41) is 1.31. The molecule has 104 valence electrons. The van der Waals surface area contributed by atoms with Crippen molar-refractivity contribution in [3.63, 3.8) is 0 Å². The quantitative estimate of drug-likeness (QED) is 0.802. The maximum Gasteiger partial charge on any atom is 0.156 e. The Balaban J connectivity index is 1.83. The van der Waals surface area contributed by atoms with Gasteiger partial charge in [-0.1, -0.05) is 29.4 Å². The van der Waals surface area contributed by atoms with Gasteiger partial charge in [0, 0.05) is 18.1 Å². The van der Waals surface area contributed by atoms with Crippen LogP contribution in [0.2, 0.25) is 5.15 Å². The van der Waals surface area contributed by atoms with Crippen LogP contribution in [0.3, 0.4) is 0 Å². The normalized spacial score (nSPS) is 13.5. The Morgan fingerprint density at radius 3 is 2.90 bits per heavy atom. The molecule has 1 aromatic carbocycles. The second kappa shape index (κ2) is 6.12. The number of benzene rings is 1. The molecule has 1 aliphatic rings. The third-order valence-electron chi connectivity index (χ3n) is 3.28. The Morgan fingerprint density at radius 1 is 1.20 bits per heavy atom. The Bertz CT molecular complexity index is 633. The molecular weight excluding hydrogens is 292 g/mol. The van der Waals surface area contributed by atoms with Crippen LogP contribution in [0.4, 0.5) is 0 Å². The standard InChI is InChI=1S/C15H15ClN2OS/c1-19-9-14-17-13(16)8-15(18-14)20-12-6-5-10-3-2-4-11(10)7-12/h5-8H,2-4,9H2,1H3. The van der Waals surface area contributed by atoms with E-state index in [9.17, 15) is 0 Å². The number of rotatable bonds is 4. The summed E-state index contributed by atoms with van der Waals surface area (Å²) in [5.41, 5.74) is 2.95. The number of hydrogen-bond donors (Lipinski definition) is 0. The van der Waals surface area contributed by atoms with Crippen molar-refractivity contribution in [2.45, 2.75) is 35.8 Å². The van der Waals surface area contributed by atoms with E-state index in [-0.39, 0.29) is 0 Å². The van der Waals surface area contributed by atoms with E-state index in [1.54, 1.807) is 24.9 Å². The third kappa shape index (κ3) is 3.14. The first-order chi connectivity index (χ1) is 9.74. The Labute approximate surface area is 127 Å². The molecule has 0 saturated heterocycles. The van der Waals surface area contributed by atoms with Crippen LogP contribution in [0.5, 0.6) is 0 Å². The maximum atomic E-state index is 6.03. The predicted molar refractivity (Wildman–Crippen MR) is 80.3 cm³/mol. The van der Waals surface area contributed by atoms with E-state index >= 15 is 0 Å². The highest BCUT2D eigenvalue weighted by atomic mass is 35.5. The molecule has 3 rings (SSSR count). The molecule has 0 spiro atoms. The molecule has 3 nitrogen and oxygen atoms in total. The molecule has 1 aromatic heterocycles. The topological polar surface area (TPSA) is 35.0 Å². The number of hydrogen-bond acceptors (Lipinski definition) is 4. The van der Waals surface area contributed by atoms with E-state index in [1.165, 1.54) is 35.3 Å². The first-order valence-electron chi connectivity index (χ1n) is 6.56. The minimum Gasteiger partial charge on any atom is -0.377 e. The largest absolute Gasteiger partial charge is 0.377 e. The molecule has 0 bridgehead atoms. The van der Waals surface area contributed by atoms with Gasteiger partial charge in [0.15, 0.2) is 5.82 Å². The van der Waals surface area contributed by atoms with Crippen molar-refractivity contribution in [3.8, 4) is 0 Å². The van der Waals surface area contributed by atoms with Gasteiger partial charge in [-0.25, -0.2) is 9.97 Å². The lowest BCUT2D eigenvalue weighted by Gasteiger charge is -2.06. The van der Waals surface area contributed by atoms with E-state index in [0.29, 0.717) is 17.6 Å². The number of aromatic nitrogens is 2. The number of halogens is 1. The van der Waals surface area contributed by atoms with E-state index in [1.807, 2.05) is 0 Å². The van der Waals surface area contributed by atoms with Gasteiger partial charge in [0.25, 0.3) is 0 Å². The Morgan fingerprint density at radius 2 is 2.05 bits per heavy atom. The number of methoxy groups -OCH3 is 1. The van der Waals surface area contributed by atoms with Crippen LogP contribution in [0.25, 0.3) is 0 Å². The molecule has 0 amide bonds. The molecule has 0 aliphatic heterocycles. The zero-order valence-electron chi connectivity index (χ0n) is 11.2. The van der Waals surface area contributed by atoms with Gasteiger partial charge in [0.2, 0.25) is 0 Å². The highest BCUT2D eigenvalue weighted by molar-refractivity contribution is 7.99. The van der Waals surface area contributed by atoms with Crippen molar-refractivity contribution < 1.29 is 4.74 Å². The molecule has 5 heteroatoms. The van der Waals surface area contributed by atoms with Gasteiger partial charge >= 0.3 is 0 Å². The SMILES string of the molecule is COCc1nc(Cl)cc(Sc2ccc3c(c2)CCC3)n1. The lowest BCUT2D eigenvalue weighted by Crippen LogP contribution is -1.98. The minimum atomic E-state index is 0.373. The van der Waals surface area contributed by atoms with E-state index in [0.717, 1.165) is 5.03 Å². The van der Waals surface area contributed by atoms with Gasteiger partial charge < -0.3 is 4.74 Å². The molecule has 20 heavy (non-hydrogen) atoms. The zero-order valence-corrected chi connectivity index (χ0v) is 12.8. The molecule has 0 radical (unpaired) electrons. The summed E-state index contributed by atoms with van der Waals surface area (Å²) in [4.78, 5) is 9.79. The van der Waals surface area contributed by atoms with Crippen LogP contribution in [0.15, 0.2) is 34.2 Å². The summed E-state index contributed by atoms with van der Waals surface area (Å²) in [6.07, 6.45) is 3.65. The monoisotopic (exact) mass is 306 g/mol. The fourth-order valence-electron chi connectivity index (χ4n) is 2.42. The van der Waals surface area contributed by atoms with Gasteiger partial charge in [-0.3, -0.25) is 0 Å².